The number of H-pyrrole nitrogens is 1. The fourth-order valence-corrected chi connectivity index (χ4v) is 3.60. The van der Waals surface area contributed by atoms with Gasteiger partial charge < -0.3 is 19.3 Å². The minimum atomic E-state index is -4.50. The Bertz CT molecular complexity index is 1070. The summed E-state index contributed by atoms with van der Waals surface area (Å²) in [4.78, 5) is 4.18. The predicted molar refractivity (Wildman–Crippen MR) is 126 cm³/mol. The Kier molecular flexibility index (Phi) is 8.57. The van der Waals surface area contributed by atoms with E-state index in [2.05, 4.69) is 20.0 Å². The second-order valence-corrected chi connectivity index (χ2v) is 8.47. The van der Waals surface area contributed by atoms with Gasteiger partial charge in [-0.15, -0.1) is 0 Å². The molecule has 3 aromatic rings. The molecular weight excluding hydrogens is 445 g/mol. The highest BCUT2D eigenvalue weighted by Crippen LogP contribution is 2.36. The number of benzene rings is 2. The Morgan fingerprint density at radius 1 is 1.00 bits per heavy atom. The summed E-state index contributed by atoms with van der Waals surface area (Å²) in [6, 6.07) is 11.3. The molecule has 0 saturated carbocycles. The number of nitrogens with one attached hydrogen (secondary N) is 1. The zero-order valence-electron chi connectivity index (χ0n) is 19.9. The summed E-state index contributed by atoms with van der Waals surface area (Å²) in [5.41, 5.74) is 1.92. The first-order valence-electron chi connectivity index (χ1n) is 11.0. The van der Waals surface area contributed by atoms with Crippen LogP contribution < -0.4 is 9.47 Å². The molecule has 0 unspecified atom stereocenters. The van der Waals surface area contributed by atoms with Crippen LogP contribution in [0.15, 0.2) is 48.7 Å². The monoisotopic (exact) mass is 476 g/mol. The van der Waals surface area contributed by atoms with Crippen molar-refractivity contribution in [3.05, 3.63) is 65.4 Å². The summed E-state index contributed by atoms with van der Waals surface area (Å²) < 4.78 is 52.1. The van der Waals surface area contributed by atoms with Gasteiger partial charge in [-0.2, -0.15) is 18.3 Å². The normalized spacial score (nSPS) is 11.9. The third kappa shape index (κ3) is 6.98. The van der Waals surface area contributed by atoms with Crippen LogP contribution in [0.3, 0.4) is 0 Å². The predicted octanol–water partition coefficient (Wildman–Crippen LogP) is 4.72. The summed E-state index contributed by atoms with van der Waals surface area (Å²) in [7, 11) is 7.54. The van der Waals surface area contributed by atoms with Crippen LogP contribution in [0.2, 0.25) is 0 Å². The smallest absolute Gasteiger partial charge is 0.416 e. The minimum absolute atomic E-state index is 0.154. The molecule has 3 rings (SSSR count). The molecule has 1 aromatic heterocycles. The van der Waals surface area contributed by atoms with Crippen molar-refractivity contribution in [1.29, 1.82) is 0 Å². The maximum absolute atomic E-state index is 13.7. The Balaban J connectivity index is 1.81. The number of aromatic nitrogens is 2. The van der Waals surface area contributed by atoms with Crippen molar-refractivity contribution in [3.63, 3.8) is 0 Å². The Morgan fingerprint density at radius 3 is 2.47 bits per heavy atom. The van der Waals surface area contributed by atoms with Gasteiger partial charge >= 0.3 is 6.18 Å². The maximum atomic E-state index is 13.7. The number of alkyl halides is 3. The number of methoxy groups -OCH3 is 1. The van der Waals surface area contributed by atoms with Gasteiger partial charge in [-0.25, -0.2) is 0 Å². The lowest BCUT2D eigenvalue weighted by Gasteiger charge is -2.19. The van der Waals surface area contributed by atoms with Crippen LogP contribution in [0.5, 0.6) is 11.5 Å². The molecule has 1 heterocycles. The number of ether oxygens (including phenoxy) is 2. The summed E-state index contributed by atoms with van der Waals surface area (Å²) in [5, 5.41) is 6.96. The van der Waals surface area contributed by atoms with Gasteiger partial charge in [-0.05, 0) is 51.0 Å². The van der Waals surface area contributed by atoms with Crippen LogP contribution in [-0.4, -0.2) is 67.9 Å². The molecule has 0 aliphatic rings. The van der Waals surface area contributed by atoms with E-state index in [9.17, 15) is 13.2 Å². The topological polar surface area (TPSA) is 53.6 Å². The van der Waals surface area contributed by atoms with Crippen molar-refractivity contribution in [2.24, 2.45) is 0 Å². The van der Waals surface area contributed by atoms with Crippen molar-refractivity contribution in [2.45, 2.75) is 19.1 Å². The second kappa shape index (κ2) is 11.4. The number of hydrogen-bond donors (Lipinski definition) is 1. The number of hydrogen-bond acceptors (Lipinski definition) is 5. The molecule has 0 bridgehead atoms. The molecule has 1 N–H and O–H groups in total. The van der Waals surface area contributed by atoms with Gasteiger partial charge in [0, 0.05) is 37.2 Å². The fraction of sp³-hybridized carbons (Fsp3) is 0.400. The van der Waals surface area contributed by atoms with E-state index in [1.54, 1.807) is 19.4 Å². The highest BCUT2D eigenvalue weighted by Gasteiger charge is 2.32. The van der Waals surface area contributed by atoms with Crippen molar-refractivity contribution >= 4 is 0 Å². The lowest BCUT2D eigenvalue weighted by molar-refractivity contribution is -0.137. The number of halogens is 3. The number of para-hydroxylation sites is 1. The Morgan fingerprint density at radius 2 is 1.76 bits per heavy atom. The average Bonchev–Trinajstić information content (AvgIpc) is 3.25. The van der Waals surface area contributed by atoms with Crippen LogP contribution in [0.25, 0.3) is 11.3 Å². The molecule has 34 heavy (non-hydrogen) atoms. The largest absolute Gasteiger partial charge is 0.496 e. The van der Waals surface area contributed by atoms with Gasteiger partial charge in [-0.1, -0.05) is 18.2 Å². The molecule has 0 aliphatic carbocycles. The van der Waals surface area contributed by atoms with E-state index in [0.29, 0.717) is 24.2 Å². The van der Waals surface area contributed by atoms with Gasteiger partial charge in [0.25, 0.3) is 0 Å². The lowest BCUT2D eigenvalue weighted by atomic mass is 10.0. The van der Waals surface area contributed by atoms with Gasteiger partial charge in [-0.3, -0.25) is 5.10 Å². The van der Waals surface area contributed by atoms with Gasteiger partial charge in [0.15, 0.2) is 0 Å². The van der Waals surface area contributed by atoms with Crippen LogP contribution in [0, 0.1) is 0 Å². The molecule has 0 amide bonds. The average molecular weight is 477 g/mol. The molecule has 0 atom stereocenters. The van der Waals surface area contributed by atoms with E-state index in [4.69, 9.17) is 9.47 Å². The second-order valence-electron chi connectivity index (χ2n) is 8.47. The summed E-state index contributed by atoms with van der Waals surface area (Å²) >= 11 is 0. The Hall–Kier alpha value is -3.04. The molecule has 6 nitrogen and oxygen atoms in total. The molecule has 0 radical (unpaired) electrons. The van der Waals surface area contributed by atoms with Crippen molar-refractivity contribution in [2.75, 3.05) is 47.9 Å². The SMILES string of the molecule is COc1ccccc1CCOc1cc(-c2[nH]ncc2CN(C)CCN(C)C)cc(C(F)(F)F)c1. The zero-order chi connectivity index (χ0) is 24.7. The fourth-order valence-electron chi connectivity index (χ4n) is 3.60. The van der Waals surface area contributed by atoms with Crippen LogP contribution in [-0.2, 0) is 19.1 Å². The first kappa shape index (κ1) is 25.6. The van der Waals surface area contributed by atoms with Crippen molar-refractivity contribution < 1.29 is 22.6 Å². The van der Waals surface area contributed by atoms with Crippen molar-refractivity contribution in [3.8, 4) is 22.8 Å². The maximum Gasteiger partial charge on any atom is 0.416 e. The molecule has 0 aliphatic heterocycles. The first-order valence-corrected chi connectivity index (χ1v) is 11.0. The molecule has 0 spiro atoms. The van der Waals surface area contributed by atoms with Gasteiger partial charge in [0.05, 0.1) is 31.2 Å². The standard InChI is InChI=1S/C25H31F3N4O2/c1-31(2)10-11-32(3)17-20-16-29-30-24(20)19-13-21(25(26,27)28)15-22(14-19)34-12-9-18-7-5-6-8-23(18)33-4/h5-8,13-16H,9-12,17H2,1-4H3,(H,29,30). The van der Waals surface area contributed by atoms with E-state index in [-0.39, 0.29) is 12.4 Å². The van der Waals surface area contributed by atoms with E-state index in [1.807, 2.05) is 45.4 Å². The van der Waals surface area contributed by atoms with Gasteiger partial charge in [0.2, 0.25) is 0 Å². The number of likely N-dealkylation sites (N-methyl/N-ethyl adjacent to an activating group) is 2. The quantitative estimate of drug-likeness (QED) is 0.434. The third-order valence-corrected chi connectivity index (χ3v) is 5.44. The third-order valence-electron chi connectivity index (χ3n) is 5.44. The molecule has 2 aromatic carbocycles. The highest BCUT2D eigenvalue weighted by molar-refractivity contribution is 5.66. The molecule has 184 valence electrons. The molecular formula is C25H31F3N4O2. The molecule has 0 fully saturated rings. The lowest BCUT2D eigenvalue weighted by Crippen LogP contribution is -2.28. The van der Waals surface area contributed by atoms with Gasteiger partial charge in [0.1, 0.15) is 11.5 Å². The summed E-state index contributed by atoms with van der Waals surface area (Å²) in [6.45, 7) is 2.46. The number of rotatable bonds is 11. The Labute approximate surface area is 198 Å². The van der Waals surface area contributed by atoms with Crippen LogP contribution in [0.1, 0.15) is 16.7 Å². The zero-order valence-corrected chi connectivity index (χ0v) is 19.9. The number of nitrogens with zero attached hydrogens (tertiary/aromatic N) is 3. The summed E-state index contributed by atoms with van der Waals surface area (Å²) in [6.07, 6.45) is -2.34. The van der Waals surface area contributed by atoms with E-state index in [0.717, 1.165) is 42.1 Å². The highest BCUT2D eigenvalue weighted by atomic mass is 19.4. The van der Waals surface area contributed by atoms with Crippen molar-refractivity contribution in [1.82, 2.24) is 20.0 Å². The molecule has 0 saturated heterocycles. The molecule has 9 heteroatoms. The van der Waals surface area contributed by atoms with E-state index < -0.39 is 11.7 Å². The minimum Gasteiger partial charge on any atom is -0.496 e. The van der Waals surface area contributed by atoms with Crippen LogP contribution in [0.4, 0.5) is 13.2 Å². The van der Waals surface area contributed by atoms with Crippen LogP contribution >= 0.6 is 0 Å². The number of aromatic amines is 1. The summed E-state index contributed by atoms with van der Waals surface area (Å²) in [5.74, 6) is 0.873. The van der Waals surface area contributed by atoms with E-state index in [1.165, 1.54) is 0 Å². The first-order chi connectivity index (χ1) is 16.2. The van der Waals surface area contributed by atoms with E-state index >= 15 is 0 Å².